The molecule has 0 bridgehead atoms. The summed E-state index contributed by atoms with van der Waals surface area (Å²) in [5, 5.41) is 12.2. The topological polar surface area (TPSA) is 45.6 Å². The zero-order chi connectivity index (χ0) is 15.8. The summed E-state index contributed by atoms with van der Waals surface area (Å²) in [5.74, 6) is 0.182. The summed E-state index contributed by atoms with van der Waals surface area (Å²) in [6.07, 6.45) is 4.56. The first-order valence-corrected chi connectivity index (χ1v) is 8.68. The van der Waals surface area contributed by atoms with Crippen LogP contribution in [0.15, 0.2) is 30.5 Å². The molecule has 122 valence electrons. The van der Waals surface area contributed by atoms with E-state index in [2.05, 4.69) is 16.0 Å². The molecule has 1 aromatic heterocycles. The summed E-state index contributed by atoms with van der Waals surface area (Å²) in [6, 6.07) is 8.27. The molecule has 0 spiro atoms. The number of aliphatic hydroxyl groups excluding tert-OH is 1. The standard InChI is InChI=1S/C18H21ClN2O2/c19-12-3-4-13-15(10-12)20-7-5-17(13)21-8-1-2-16(21)14-11-23-9-6-18(14)22/h3-5,7,10,14,16,18,22H,1-2,6,8-9,11H2/t14-,16+,18-/m1/s1. The lowest BCUT2D eigenvalue weighted by molar-refractivity contribution is -0.0437. The Bertz CT molecular complexity index is 708. The van der Waals surface area contributed by atoms with E-state index in [0.29, 0.717) is 24.3 Å². The Hall–Kier alpha value is -1.36. The van der Waals surface area contributed by atoms with Crippen LogP contribution in [0, 0.1) is 5.92 Å². The number of aromatic nitrogens is 1. The van der Waals surface area contributed by atoms with Gasteiger partial charge in [0.1, 0.15) is 0 Å². The summed E-state index contributed by atoms with van der Waals surface area (Å²) in [4.78, 5) is 6.87. The van der Waals surface area contributed by atoms with Crippen LogP contribution in [0.5, 0.6) is 0 Å². The maximum absolute atomic E-state index is 10.4. The summed E-state index contributed by atoms with van der Waals surface area (Å²) >= 11 is 6.10. The molecule has 1 aromatic carbocycles. The predicted molar refractivity (Wildman–Crippen MR) is 92.1 cm³/mol. The van der Waals surface area contributed by atoms with Crippen LogP contribution >= 0.6 is 11.6 Å². The average molecular weight is 333 g/mol. The number of benzene rings is 1. The second-order valence-corrected chi connectivity index (χ2v) is 6.93. The molecule has 4 rings (SSSR count). The first-order chi connectivity index (χ1) is 11.2. The van der Waals surface area contributed by atoms with Gasteiger partial charge in [0.2, 0.25) is 0 Å². The molecule has 0 unspecified atom stereocenters. The van der Waals surface area contributed by atoms with Crippen LogP contribution in [0.4, 0.5) is 5.69 Å². The van der Waals surface area contributed by atoms with Crippen LogP contribution < -0.4 is 4.90 Å². The van der Waals surface area contributed by atoms with Gasteiger partial charge >= 0.3 is 0 Å². The molecule has 2 aliphatic rings. The number of hydrogen-bond acceptors (Lipinski definition) is 4. The third kappa shape index (κ3) is 2.80. The Morgan fingerprint density at radius 3 is 3.04 bits per heavy atom. The molecular weight excluding hydrogens is 312 g/mol. The largest absolute Gasteiger partial charge is 0.393 e. The number of fused-ring (bicyclic) bond motifs is 1. The van der Waals surface area contributed by atoms with Crippen molar-refractivity contribution in [2.75, 3.05) is 24.7 Å². The molecule has 0 saturated carbocycles. The highest BCUT2D eigenvalue weighted by Gasteiger charge is 2.38. The molecule has 2 saturated heterocycles. The fourth-order valence-electron chi connectivity index (χ4n) is 4.01. The Labute approximate surface area is 141 Å². The first-order valence-electron chi connectivity index (χ1n) is 8.31. The van der Waals surface area contributed by atoms with E-state index in [-0.39, 0.29) is 12.0 Å². The first kappa shape index (κ1) is 15.2. The van der Waals surface area contributed by atoms with E-state index in [4.69, 9.17) is 16.3 Å². The second kappa shape index (κ2) is 6.27. The van der Waals surface area contributed by atoms with E-state index in [1.54, 1.807) is 0 Å². The van der Waals surface area contributed by atoms with Crippen LogP contribution in [0.2, 0.25) is 5.02 Å². The van der Waals surface area contributed by atoms with E-state index in [0.717, 1.165) is 36.7 Å². The highest BCUT2D eigenvalue weighted by Crippen LogP contribution is 2.37. The molecule has 3 atom stereocenters. The lowest BCUT2D eigenvalue weighted by Crippen LogP contribution is -2.46. The summed E-state index contributed by atoms with van der Waals surface area (Å²) in [6.45, 7) is 2.33. The van der Waals surface area contributed by atoms with E-state index < -0.39 is 0 Å². The van der Waals surface area contributed by atoms with Gasteiger partial charge in [-0.3, -0.25) is 4.98 Å². The smallest absolute Gasteiger partial charge is 0.0737 e. The molecule has 0 aliphatic carbocycles. The van der Waals surface area contributed by atoms with Crippen molar-refractivity contribution in [3.63, 3.8) is 0 Å². The average Bonchev–Trinajstić information content (AvgIpc) is 3.03. The maximum atomic E-state index is 10.4. The van der Waals surface area contributed by atoms with Crippen molar-refractivity contribution in [2.45, 2.75) is 31.4 Å². The third-order valence-electron chi connectivity index (χ3n) is 5.15. The van der Waals surface area contributed by atoms with Crippen LogP contribution in [-0.2, 0) is 4.74 Å². The van der Waals surface area contributed by atoms with Crippen LogP contribution in [0.1, 0.15) is 19.3 Å². The van der Waals surface area contributed by atoms with Gasteiger partial charge in [-0.1, -0.05) is 11.6 Å². The van der Waals surface area contributed by atoms with Crippen molar-refractivity contribution in [3.05, 3.63) is 35.5 Å². The van der Waals surface area contributed by atoms with Crippen molar-refractivity contribution in [1.82, 2.24) is 4.98 Å². The summed E-state index contributed by atoms with van der Waals surface area (Å²) < 4.78 is 5.64. The minimum atomic E-state index is -0.267. The fraction of sp³-hybridized carbons (Fsp3) is 0.500. The number of hydrogen-bond donors (Lipinski definition) is 1. The van der Waals surface area contributed by atoms with Crippen molar-refractivity contribution < 1.29 is 9.84 Å². The SMILES string of the molecule is O[C@@H]1CCOC[C@@H]1[C@@H]1CCCN1c1ccnc2cc(Cl)ccc12. The fourth-order valence-corrected chi connectivity index (χ4v) is 4.18. The van der Waals surface area contributed by atoms with Crippen molar-refractivity contribution >= 4 is 28.2 Å². The van der Waals surface area contributed by atoms with E-state index in [1.165, 1.54) is 5.69 Å². The van der Waals surface area contributed by atoms with Gasteiger partial charge in [-0.05, 0) is 43.5 Å². The maximum Gasteiger partial charge on any atom is 0.0737 e. The number of anilines is 1. The Morgan fingerprint density at radius 2 is 2.17 bits per heavy atom. The van der Waals surface area contributed by atoms with Gasteiger partial charge in [0, 0.05) is 47.4 Å². The Balaban J connectivity index is 1.71. The van der Waals surface area contributed by atoms with E-state index in [9.17, 15) is 5.11 Å². The quantitative estimate of drug-likeness (QED) is 0.917. The molecule has 2 aromatic rings. The van der Waals surface area contributed by atoms with Crippen molar-refractivity contribution in [2.24, 2.45) is 5.92 Å². The molecule has 3 heterocycles. The molecule has 0 amide bonds. The zero-order valence-electron chi connectivity index (χ0n) is 13.0. The molecule has 5 heteroatoms. The van der Waals surface area contributed by atoms with E-state index in [1.807, 2.05) is 24.4 Å². The predicted octanol–water partition coefficient (Wildman–Crippen LogP) is 3.25. The third-order valence-corrected chi connectivity index (χ3v) is 5.38. The number of aliphatic hydroxyl groups is 1. The minimum Gasteiger partial charge on any atom is -0.393 e. The van der Waals surface area contributed by atoms with Crippen LogP contribution in [0.3, 0.4) is 0 Å². The molecule has 1 N–H and O–H groups in total. The van der Waals surface area contributed by atoms with Crippen LogP contribution in [-0.4, -0.2) is 42.0 Å². The van der Waals surface area contributed by atoms with Crippen LogP contribution in [0.25, 0.3) is 10.9 Å². The Kier molecular flexibility index (Phi) is 4.14. The molecule has 2 aliphatic heterocycles. The lowest BCUT2D eigenvalue weighted by atomic mass is 9.89. The summed E-state index contributed by atoms with van der Waals surface area (Å²) in [7, 11) is 0. The van der Waals surface area contributed by atoms with Crippen molar-refractivity contribution in [1.29, 1.82) is 0 Å². The minimum absolute atomic E-state index is 0.182. The number of ether oxygens (including phenoxy) is 1. The monoisotopic (exact) mass is 332 g/mol. The number of halogens is 1. The van der Waals surface area contributed by atoms with Gasteiger partial charge < -0.3 is 14.7 Å². The van der Waals surface area contributed by atoms with E-state index >= 15 is 0 Å². The lowest BCUT2D eigenvalue weighted by Gasteiger charge is -2.38. The van der Waals surface area contributed by atoms with Crippen molar-refractivity contribution in [3.8, 4) is 0 Å². The molecular formula is C18H21ClN2O2. The van der Waals surface area contributed by atoms with Gasteiger partial charge in [-0.15, -0.1) is 0 Å². The summed E-state index contributed by atoms with van der Waals surface area (Å²) in [5.41, 5.74) is 2.10. The highest BCUT2D eigenvalue weighted by atomic mass is 35.5. The highest BCUT2D eigenvalue weighted by molar-refractivity contribution is 6.31. The number of nitrogens with zero attached hydrogens (tertiary/aromatic N) is 2. The Morgan fingerprint density at radius 1 is 1.26 bits per heavy atom. The van der Waals surface area contributed by atoms with Gasteiger partial charge in [0.15, 0.2) is 0 Å². The molecule has 4 nitrogen and oxygen atoms in total. The van der Waals surface area contributed by atoms with Gasteiger partial charge in [0.05, 0.1) is 18.2 Å². The number of pyridine rings is 1. The second-order valence-electron chi connectivity index (χ2n) is 6.49. The molecule has 23 heavy (non-hydrogen) atoms. The zero-order valence-corrected chi connectivity index (χ0v) is 13.7. The normalized spacial score (nSPS) is 28.4. The van der Waals surface area contributed by atoms with Gasteiger partial charge in [0.25, 0.3) is 0 Å². The number of rotatable bonds is 2. The van der Waals surface area contributed by atoms with Gasteiger partial charge in [-0.25, -0.2) is 0 Å². The molecule has 2 fully saturated rings. The van der Waals surface area contributed by atoms with Gasteiger partial charge in [-0.2, -0.15) is 0 Å². The molecule has 0 radical (unpaired) electrons.